The molecule has 0 aliphatic carbocycles. The van der Waals surface area contributed by atoms with Gasteiger partial charge in [0.2, 0.25) is 0 Å². The van der Waals surface area contributed by atoms with E-state index in [0.29, 0.717) is 40.6 Å². The Balaban J connectivity index is 1.85. The van der Waals surface area contributed by atoms with Gasteiger partial charge in [-0.1, -0.05) is 17.7 Å². The van der Waals surface area contributed by atoms with Gasteiger partial charge in [0.15, 0.2) is 5.69 Å². The molecule has 1 aliphatic rings. The fraction of sp³-hybridized carbons (Fsp3) is 0.190. The Bertz CT molecular complexity index is 1090. The number of fused-ring (bicyclic) bond motifs is 1. The van der Waals surface area contributed by atoms with Gasteiger partial charge in [0, 0.05) is 28.5 Å². The fourth-order valence-electron chi connectivity index (χ4n) is 3.42. The number of nitrogens with zero attached hydrogens (tertiary/aromatic N) is 3. The van der Waals surface area contributed by atoms with E-state index in [1.54, 1.807) is 60.4 Å². The van der Waals surface area contributed by atoms with Gasteiger partial charge in [-0.2, -0.15) is 5.10 Å². The number of hydrogen-bond donors (Lipinski definition) is 1. The molecule has 2 heterocycles. The van der Waals surface area contributed by atoms with Crippen LogP contribution >= 0.6 is 11.6 Å². The van der Waals surface area contributed by atoms with Crippen LogP contribution in [0.1, 0.15) is 33.5 Å². The van der Waals surface area contributed by atoms with Gasteiger partial charge < -0.3 is 15.4 Å². The van der Waals surface area contributed by atoms with Crippen LogP contribution in [0.25, 0.3) is 5.69 Å². The topological polar surface area (TPSA) is 90.4 Å². The van der Waals surface area contributed by atoms with Crippen LogP contribution in [0.3, 0.4) is 0 Å². The van der Waals surface area contributed by atoms with Gasteiger partial charge in [0.05, 0.1) is 12.3 Å². The summed E-state index contributed by atoms with van der Waals surface area (Å²) in [6.07, 6.45) is 0.472. The number of amides is 1. The van der Waals surface area contributed by atoms with Crippen molar-refractivity contribution < 1.29 is 14.3 Å². The average molecular weight is 411 g/mol. The number of halogens is 1. The first-order valence-corrected chi connectivity index (χ1v) is 9.59. The predicted molar refractivity (Wildman–Crippen MR) is 111 cm³/mol. The highest BCUT2D eigenvalue weighted by molar-refractivity contribution is 6.30. The summed E-state index contributed by atoms with van der Waals surface area (Å²) in [6, 6.07) is 14.1. The quantitative estimate of drug-likeness (QED) is 0.525. The lowest BCUT2D eigenvalue weighted by molar-refractivity contribution is 0.0517. The molecule has 0 bridgehead atoms. The number of hydrogen-bond acceptors (Lipinski definition) is 5. The average Bonchev–Trinajstić information content (AvgIpc) is 3.10. The molecule has 0 radical (unpaired) electrons. The van der Waals surface area contributed by atoms with Crippen molar-refractivity contribution in [1.82, 2.24) is 9.78 Å². The maximum absolute atomic E-state index is 13.4. The zero-order valence-electron chi connectivity index (χ0n) is 15.8. The summed E-state index contributed by atoms with van der Waals surface area (Å²) in [5.74, 6) is -0.794. The smallest absolute Gasteiger partial charge is 0.359 e. The van der Waals surface area contributed by atoms with E-state index in [-0.39, 0.29) is 18.2 Å². The zero-order valence-corrected chi connectivity index (χ0v) is 16.5. The first kappa shape index (κ1) is 19.0. The molecule has 0 fully saturated rings. The summed E-state index contributed by atoms with van der Waals surface area (Å²) in [5, 5.41) is 4.93. The van der Waals surface area contributed by atoms with Crippen molar-refractivity contribution in [2.24, 2.45) is 0 Å². The molecular weight excluding hydrogens is 392 g/mol. The van der Waals surface area contributed by atoms with E-state index in [1.807, 2.05) is 0 Å². The fourth-order valence-corrected chi connectivity index (χ4v) is 3.60. The summed E-state index contributed by atoms with van der Waals surface area (Å²) in [5.41, 5.74) is 8.78. The van der Waals surface area contributed by atoms with Gasteiger partial charge in [-0.15, -0.1) is 0 Å². The van der Waals surface area contributed by atoms with Gasteiger partial charge in [-0.05, 0) is 55.8 Å². The number of aromatic nitrogens is 2. The number of benzene rings is 2. The van der Waals surface area contributed by atoms with Crippen molar-refractivity contribution in [1.29, 1.82) is 0 Å². The van der Waals surface area contributed by atoms with Crippen LogP contribution in [0.5, 0.6) is 0 Å². The van der Waals surface area contributed by atoms with Crippen molar-refractivity contribution >= 4 is 34.9 Å². The first-order chi connectivity index (χ1) is 14.0. The lowest BCUT2D eigenvalue weighted by Crippen LogP contribution is -2.39. The second kappa shape index (κ2) is 7.60. The standard InChI is InChI=1S/C21H19ClN4O3/c1-2-29-21(28)18-17-10-11-25(15-8-6-14(23)7-9-15)20(27)19(17)26(24-18)16-5-3-4-13(22)12-16/h3-9,12H,2,10-11,23H2,1H3. The summed E-state index contributed by atoms with van der Waals surface area (Å²) in [4.78, 5) is 27.5. The lowest BCUT2D eigenvalue weighted by Gasteiger charge is -2.27. The molecule has 4 rings (SSSR count). The van der Waals surface area contributed by atoms with Crippen molar-refractivity contribution in [3.63, 3.8) is 0 Å². The number of anilines is 2. The van der Waals surface area contributed by atoms with Crippen molar-refractivity contribution in [3.05, 3.63) is 70.5 Å². The summed E-state index contributed by atoms with van der Waals surface area (Å²) >= 11 is 6.13. The summed E-state index contributed by atoms with van der Waals surface area (Å²) in [6.45, 7) is 2.37. The summed E-state index contributed by atoms with van der Waals surface area (Å²) < 4.78 is 6.62. The molecule has 8 heteroatoms. The number of rotatable bonds is 4. The molecule has 148 valence electrons. The second-order valence-corrected chi connectivity index (χ2v) is 7.02. The van der Waals surface area contributed by atoms with Crippen LogP contribution in [0.15, 0.2) is 48.5 Å². The normalized spacial score (nSPS) is 13.3. The minimum absolute atomic E-state index is 0.159. The maximum atomic E-state index is 13.4. The number of nitrogens with two attached hydrogens (primary N) is 1. The molecule has 0 unspecified atom stereocenters. The van der Waals surface area contributed by atoms with Gasteiger partial charge >= 0.3 is 5.97 Å². The minimum Gasteiger partial charge on any atom is -0.461 e. The molecule has 1 aromatic heterocycles. The van der Waals surface area contributed by atoms with Crippen molar-refractivity contribution in [2.75, 3.05) is 23.8 Å². The molecule has 0 saturated carbocycles. The number of ether oxygens (including phenoxy) is 1. The van der Waals surface area contributed by atoms with Crippen LogP contribution in [-0.2, 0) is 11.2 Å². The number of nitrogen functional groups attached to an aromatic ring is 1. The number of carbonyl (C=O) groups excluding carboxylic acids is 2. The lowest BCUT2D eigenvalue weighted by atomic mass is 10.0. The minimum atomic E-state index is -0.543. The van der Waals surface area contributed by atoms with E-state index in [0.717, 1.165) is 5.69 Å². The Morgan fingerprint density at radius 1 is 1.21 bits per heavy atom. The van der Waals surface area contributed by atoms with Crippen molar-refractivity contribution in [2.45, 2.75) is 13.3 Å². The van der Waals surface area contributed by atoms with E-state index >= 15 is 0 Å². The summed E-state index contributed by atoms with van der Waals surface area (Å²) in [7, 11) is 0. The van der Waals surface area contributed by atoms with Gasteiger partial charge in [0.25, 0.3) is 5.91 Å². The van der Waals surface area contributed by atoms with Gasteiger partial charge in [0.1, 0.15) is 5.69 Å². The molecule has 0 atom stereocenters. The van der Waals surface area contributed by atoms with E-state index < -0.39 is 5.97 Å². The van der Waals surface area contributed by atoms with Crippen LogP contribution < -0.4 is 10.6 Å². The molecule has 0 spiro atoms. The van der Waals surface area contributed by atoms with E-state index in [1.165, 1.54) is 4.68 Å². The molecule has 2 N–H and O–H groups in total. The Morgan fingerprint density at radius 3 is 2.66 bits per heavy atom. The zero-order chi connectivity index (χ0) is 20.5. The van der Waals surface area contributed by atoms with E-state index in [4.69, 9.17) is 22.1 Å². The molecule has 7 nitrogen and oxygen atoms in total. The monoisotopic (exact) mass is 410 g/mol. The molecule has 1 amide bonds. The van der Waals surface area contributed by atoms with E-state index in [9.17, 15) is 9.59 Å². The van der Waals surface area contributed by atoms with Crippen LogP contribution in [0.4, 0.5) is 11.4 Å². The third kappa shape index (κ3) is 3.45. The molecule has 1 aliphatic heterocycles. The SMILES string of the molecule is CCOC(=O)c1nn(-c2cccc(Cl)c2)c2c1CCN(c1ccc(N)cc1)C2=O. The number of esters is 1. The van der Waals surface area contributed by atoms with Crippen LogP contribution in [-0.4, -0.2) is 34.8 Å². The van der Waals surface area contributed by atoms with Gasteiger partial charge in [-0.3, -0.25) is 4.79 Å². The first-order valence-electron chi connectivity index (χ1n) is 9.22. The Hall–Kier alpha value is -3.32. The largest absolute Gasteiger partial charge is 0.461 e. The molecular formula is C21H19ClN4O3. The van der Waals surface area contributed by atoms with Crippen molar-refractivity contribution in [3.8, 4) is 5.69 Å². The van der Waals surface area contributed by atoms with Gasteiger partial charge in [-0.25, -0.2) is 9.48 Å². The predicted octanol–water partition coefficient (Wildman–Crippen LogP) is 3.49. The molecule has 0 saturated heterocycles. The number of carbonyl (C=O) groups is 2. The third-order valence-corrected chi connectivity index (χ3v) is 4.98. The third-order valence-electron chi connectivity index (χ3n) is 4.74. The second-order valence-electron chi connectivity index (χ2n) is 6.59. The Labute approximate surface area is 172 Å². The maximum Gasteiger partial charge on any atom is 0.359 e. The van der Waals surface area contributed by atoms with Crippen LogP contribution in [0, 0.1) is 0 Å². The molecule has 3 aromatic rings. The molecule has 29 heavy (non-hydrogen) atoms. The molecule has 2 aromatic carbocycles. The highest BCUT2D eigenvalue weighted by Gasteiger charge is 2.35. The Morgan fingerprint density at radius 2 is 1.97 bits per heavy atom. The highest BCUT2D eigenvalue weighted by atomic mass is 35.5. The Kier molecular flexibility index (Phi) is 4.98. The van der Waals surface area contributed by atoms with E-state index in [2.05, 4.69) is 5.10 Å². The van der Waals surface area contributed by atoms with Crippen LogP contribution in [0.2, 0.25) is 5.02 Å². The highest BCUT2D eigenvalue weighted by Crippen LogP contribution is 2.30.